The molecule has 2 aromatic rings. The topological polar surface area (TPSA) is 50.8 Å². The fraction of sp³-hybridized carbons (Fsp3) is 0.435. The van der Waals surface area contributed by atoms with E-state index in [1.54, 1.807) is 7.11 Å². The number of piperidine rings is 1. The highest BCUT2D eigenvalue weighted by Gasteiger charge is 2.18. The van der Waals surface area contributed by atoms with Crippen molar-refractivity contribution in [3.8, 4) is 11.5 Å². The Kier molecular flexibility index (Phi) is 7.83. The summed E-state index contributed by atoms with van der Waals surface area (Å²) >= 11 is 1.54. The molecule has 1 aliphatic heterocycles. The molecule has 1 aliphatic rings. The first-order valence-corrected chi connectivity index (χ1v) is 10.9. The Bertz CT molecular complexity index is 772. The summed E-state index contributed by atoms with van der Waals surface area (Å²) in [6, 6.07) is 15.8. The van der Waals surface area contributed by atoms with E-state index in [2.05, 4.69) is 17.3 Å². The Balaban J connectivity index is 1.43. The van der Waals surface area contributed by atoms with Crippen LogP contribution < -0.4 is 14.8 Å². The van der Waals surface area contributed by atoms with Gasteiger partial charge in [0.25, 0.3) is 0 Å². The number of hydrogen-bond acceptors (Lipinski definition) is 5. The summed E-state index contributed by atoms with van der Waals surface area (Å²) in [7, 11) is 3.79. The number of benzene rings is 2. The van der Waals surface area contributed by atoms with Crippen LogP contribution >= 0.6 is 11.8 Å². The van der Waals surface area contributed by atoms with E-state index in [1.807, 2.05) is 55.5 Å². The Morgan fingerprint density at radius 1 is 1.10 bits per heavy atom. The number of likely N-dealkylation sites (tertiary alicyclic amines) is 1. The van der Waals surface area contributed by atoms with Crippen LogP contribution in [0, 0.1) is 0 Å². The Morgan fingerprint density at radius 2 is 1.72 bits per heavy atom. The highest BCUT2D eigenvalue weighted by atomic mass is 32.2. The maximum atomic E-state index is 12.4. The minimum absolute atomic E-state index is 0.0254. The first kappa shape index (κ1) is 21.5. The van der Waals surface area contributed by atoms with Crippen LogP contribution in [0.1, 0.15) is 25.3 Å². The van der Waals surface area contributed by atoms with Gasteiger partial charge < -0.3 is 19.7 Å². The molecule has 0 aromatic heterocycles. The molecule has 1 heterocycles. The summed E-state index contributed by atoms with van der Waals surface area (Å²) in [4.78, 5) is 15.8. The smallest absolute Gasteiger partial charge is 0.233 e. The molecule has 6 heteroatoms. The molecule has 0 spiro atoms. The van der Waals surface area contributed by atoms with Crippen LogP contribution in [0.2, 0.25) is 0 Å². The van der Waals surface area contributed by atoms with Gasteiger partial charge in [-0.25, -0.2) is 0 Å². The lowest BCUT2D eigenvalue weighted by atomic mass is 10.1. The second-order valence-corrected chi connectivity index (χ2v) is 8.83. The summed E-state index contributed by atoms with van der Waals surface area (Å²) in [6.07, 6.45) is 2.43. The van der Waals surface area contributed by atoms with Gasteiger partial charge in [0.05, 0.1) is 12.4 Å². The van der Waals surface area contributed by atoms with Gasteiger partial charge in [0.1, 0.15) is 17.6 Å². The molecule has 1 amide bonds. The van der Waals surface area contributed by atoms with E-state index >= 15 is 0 Å². The van der Waals surface area contributed by atoms with Crippen LogP contribution in [0.4, 0.5) is 0 Å². The average molecular weight is 415 g/mol. The van der Waals surface area contributed by atoms with Gasteiger partial charge in [0.2, 0.25) is 5.91 Å². The van der Waals surface area contributed by atoms with Crippen molar-refractivity contribution in [2.75, 3.05) is 27.2 Å². The third-order valence-electron chi connectivity index (χ3n) is 5.10. The minimum Gasteiger partial charge on any atom is -0.497 e. The molecule has 1 atom stereocenters. The largest absolute Gasteiger partial charge is 0.497 e. The molecule has 2 aromatic carbocycles. The van der Waals surface area contributed by atoms with Crippen molar-refractivity contribution in [1.82, 2.24) is 10.2 Å². The van der Waals surface area contributed by atoms with E-state index < -0.39 is 0 Å². The molecule has 0 saturated carbocycles. The molecule has 5 nitrogen and oxygen atoms in total. The molecule has 0 unspecified atom stereocenters. The first-order chi connectivity index (χ1) is 14.0. The molecule has 0 radical (unpaired) electrons. The number of nitrogens with zero attached hydrogens (tertiary/aromatic N) is 1. The van der Waals surface area contributed by atoms with Crippen molar-refractivity contribution in [3.05, 3.63) is 54.1 Å². The number of amides is 1. The number of carbonyl (C=O) groups is 1. The highest BCUT2D eigenvalue weighted by molar-refractivity contribution is 8.00. The van der Waals surface area contributed by atoms with Gasteiger partial charge in [0.15, 0.2) is 0 Å². The number of rotatable bonds is 8. The van der Waals surface area contributed by atoms with E-state index in [4.69, 9.17) is 9.47 Å². The van der Waals surface area contributed by atoms with E-state index in [0.717, 1.165) is 47.9 Å². The SMILES string of the molecule is COc1ccc(S[C@@H](C)C(=O)NCc2ccc(OC3CCN(C)CC3)cc2)cc1. The zero-order chi connectivity index (χ0) is 20.6. The molecule has 1 saturated heterocycles. The number of ether oxygens (including phenoxy) is 2. The summed E-state index contributed by atoms with van der Waals surface area (Å²) in [5, 5.41) is 2.85. The summed E-state index contributed by atoms with van der Waals surface area (Å²) < 4.78 is 11.2. The second-order valence-electron chi connectivity index (χ2n) is 7.42. The zero-order valence-corrected chi connectivity index (χ0v) is 18.2. The lowest BCUT2D eigenvalue weighted by molar-refractivity contribution is -0.120. The predicted octanol–water partition coefficient (Wildman–Crippen LogP) is 3.97. The highest BCUT2D eigenvalue weighted by Crippen LogP contribution is 2.25. The van der Waals surface area contributed by atoms with Gasteiger partial charge in [0, 0.05) is 24.5 Å². The summed E-state index contributed by atoms with van der Waals surface area (Å²) in [6.45, 7) is 4.60. The van der Waals surface area contributed by atoms with Crippen molar-refractivity contribution in [2.45, 2.75) is 42.6 Å². The Hall–Kier alpha value is -2.18. The Labute approximate surface area is 177 Å². The normalized spacial score (nSPS) is 16.2. The third kappa shape index (κ3) is 6.68. The van der Waals surface area contributed by atoms with Crippen molar-refractivity contribution < 1.29 is 14.3 Å². The fourth-order valence-corrected chi connectivity index (χ4v) is 4.12. The zero-order valence-electron chi connectivity index (χ0n) is 17.4. The van der Waals surface area contributed by atoms with Gasteiger partial charge >= 0.3 is 0 Å². The number of methoxy groups -OCH3 is 1. The molecule has 156 valence electrons. The number of thioether (sulfide) groups is 1. The standard InChI is InChI=1S/C23H30N2O3S/c1-17(29-22-10-8-19(27-3)9-11-22)23(26)24-16-18-4-6-20(7-5-18)28-21-12-14-25(2)15-13-21/h4-11,17,21H,12-16H2,1-3H3,(H,24,26)/t17-/m0/s1. The lowest BCUT2D eigenvalue weighted by Crippen LogP contribution is -2.35. The molecule has 0 aliphatic carbocycles. The van der Waals surface area contributed by atoms with Crippen LogP contribution in [0.5, 0.6) is 11.5 Å². The van der Waals surface area contributed by atoms with Gasteiger partial charge in [-0.1, -0.05) is 12.1 Å². The quantitative estimate of drug-likeness (QED) is 0.663. The van der Waals surface area contributed by atoms with Crippen molar-refractivity contribution >= 4 is 17.7 Å². The average Bonchev–Trinajstić information content (AvgIpc) is 2.75. The molecular formula is C23H30N2O3S. The maximum absolute atomic E-state index is 12.4. The summed E-state index contributed by atoms with van der Waals surface area (Å²) in [5.41, 5.74) is 1.07. The molecule has 0 bridgehead atoms. The Morgan fingerprint density at radius 3 is 2.34 bits per heavy atom. The fourth-order valence-electron chi connectivity index (χ4n) is 3.23. The van der Waals surface area contributed by atoms with Crippen LogP contribution in [0.15, 0.2) is 53.4 Å². The van der Waals surface area contributed by atoms with Crippen LogP contribution in [-0.4, -0.2) is 49.4 Å². The molecule has 1 N–H and O–H groups in total. The molecule has 3 rings (SSSR count). The third-order valence-corrected chi connectivity index (χ3v) is 6.21. The molecular weight excluding hydrogens is 384 g/mol. The van der Waals surface area contributed by atoms with Gasteiger partial charge in [-0.15, -0.1) is 11.8 Å². The number of hydrogen-bond donors (Lipinski definition) is 1. The van der Waals surface area contributed by atoms with Crippen molar-refractivity contribution in [3.63, 3.8) is 0 Å². The number of carbonyl (C=O) groups excluding carboxylic acids is 1. The van der Waals surface area contributed by atoms with E-state index in [1.165, 1.54) is 11.8 Å². The van der Waals surface area contributed by atoms with Crippen LogP contribution in [-0.2, 0) is 11.3 Å². The monoisotopic (exact) mass is 414 g/mol. The second kappa shape index (κ2) is 10.6. The van der Waals surface area contributed by atoms with Crippen molar-refractivity contribution in [1.29, 1.82) is 0 Å². The maximum Gasteiger partial charge on any atom is 0.233 e. The van der Waals surface area contributed by atoms with Gasteiger partial charge in [-0.05, 0) is 68.8 Å². The first-order valence-electron chi connectivity index (χ1n) is 10.1. The van der Waals surface area contributed by atoms with E-state index in [0.29, 0.717) is 12.6 Å². The predicted molar refractivity (Wildman–Crippen MR) is 118 cm³/mol. The molecule has 29 heavy (non-hydrogen) atoms. The van der Waals surface area contributed by atoms with Crippen molar-refractivity contribution in [2.24, 2.45) is 0 Å². The number of nitrogens with one attached hydrogen (secondary N) is 1. The summed E-state index contributed by atoms with van der Waals surface area (Å²) in [5.74, 6) is 1.74. The van der Waals surface area contributed by atoms with E-state index in [-0.39, 0.29) is 11.2 Å². The van der Waals surface area contributed by atoms with Crippen LogP contribution in [0.25, 0.3) is 0 Å². The molecule has 1 fully saturated rings. The minimum atomic E-state index is -0.171. The van der Waals surface area contributed by atoms with Gasteiger partial charge in [-0.3, -0.25) is 4.79 Å². The van der Waals surface area contributed by atoms with Gasteiger partial charge in [-0.2, -0.15) is 0 Å². The lowest BCUT2D eigenvalue weighted by Gasteiger charge is -2.29. The van der Waals surface area contributed by atoms with Crippen LogP contribution in [0.3, 0.4) is 0 Å². The van der Waals surface area contributed by atoms with E-state index in [9.17, 15) is 4.79 Å².